The van der Waals surface area contributed by atoms with E-state index in [1.165, 1.54) is 276 Å². The summed E-state index contributed by atoms with van der Waals surface area (Å²) in [6, 6.07) is 0. The van der Waals surface area contributed by atoms with Gasteiger partial charge in [-0.1, -0.05) is 351 Å². The molecule has 0 aliphatic rings. The molecule has 504 valence electrons. The van der Waals surface area contributed by atoms with Crippen molar-refractivity contribution in [2.45, 2.75) is 379 Å². The molecule has 0 aromatic rings. The van der Waals surface area contributed by atoms with Gasteiger partial charge in [-0.3, -0.25) is 9.59 Å². The van der Waals surface area contributed by atoms with Crippen LogP contribution < -0.4 is 0 Å². The van der Waals surface area contributed by atoms with E-state index in [1.807, 2.05) is 21.1 Å². The molecule has 9 heteroatoms. The van der Waals surface area contributed by atoms with Crippen LogP contribution in [0.3, 0.4) is 0 Å². The van der Waals surface area contributed by atoms with Gasteiger partial charge in [-0.2, -0.15) is 0 Å². The van der Waals surface area contributed by atoms with Gasteiger partial charge in [0, 0.05) is 12.8 Å². The number of allylic oxidation sites excluding steroid dienone is 8. The molecule has 9 nitrogen and oxygen atoms in total. The van der Waals surface area contributed by atoms with Gasteiger partial charge >= 0.3 is 17.9 Å². The number of carboxylic acids is 1. The van der Waals surface area contributed by atoms with Gasteiger partial charge in [0.25, 0.3) is 6.29 Å². The number of ether oxygens (including phenoxy) is 4. The minimum absolute atomic E-state index is 0.176. The zero-order chi connectivity index (χ0) is 62.6. The van der Waals surface area contributed by atoms with Gasteiger partial charge in [0.05, 0.1) is 34.4 Å². The van der Waals surface area contributed by atoms with Gasteiger partial charge < -0.3 is 28.5 Å². The standard InChI is InChI=1S/C77H143NO8/c1-6-8-10-12-14-16-18-20-22-24-26-28-30-32-34-36-38-40-42-44-46-48-50-52-54-56-58-60-62-64-66-68-75(80)86-73(72-85-77(76(81)82)83-70-69-78(3,4)5)71-84-74(79)67-65-63-61-59-57-55-53-51-49-47-45-43-41-39-37-35-33-31-29-27-25-23-21-19-17-15-13-11-9-7-2/h8,10,14,16,20,22,26,28,73,77H,6-7,9,11-13,15,17-19,21,23-25,27,29-72H2,1-5H3/p+1/b10-8-,16-14-,22-20-,28-26-. The summed E-state index contributed by atoms with van der Waals surface area (Å²) in [5.41, 5.74) is 0. The summed E-state index contributed by atoms with van der Waals surface area (Å²) >= 11 is 0. The molecule has 0 spiro atoms. The van der Waals surface area contributed by atoms with E-state index in [4.69, 9.17) is 18.9 Å². The Bertz CT molecular complexity index is 1550. The Morgan fingerprint density at radius 2 is 0.663 bits per heavy atom. The molecule has 0 aromatic carbocycles. The number of hydrogen-bond donors (Lipinski definition) is 1. The quantitative estimate of drug-likeness (QED) is 0.0211. The number of carboxylic acid groups (broad SMARTS) is 1. The summed E-state index contributed by atoms with van der Waals surface area (Å²) in [6.45, 7) is 4.84. The fourth-order valence-corrected chi connectivity index (χ4v) is 11.2. The maximum atomic E-state index is 13.0. The molecule has 1 N–H and O–H groups in total. The second kappa shape index (κ2) is 68.2. The lowest BCUT2D eigenvalue weighted by atomic mass is 10.0. The first kappa shape index (κ1) is 83.2. The third-order valence-electron chi connectivity index (χ3n) is 16.8. The van der Waals surface area contributed by atoms with Crippen molar-refractivity contribution in [2.75, 3.05) is 47.5 Å². The Labute approximate surface area is 533 Å². The topological polar surface area (TPSA) is 108 Å². The average molecular weight is 1210 g/mol. The molecule has 2 unspecified atom stereocenters. The van der Waals surface area contributed by atoms with Crippen LogP contribution >= 0.6 is 0 Å². The molecule has 0 saturated heterocycles. The van der Waals surface area contributed by atoms with Crippen LogP contribution in [-0.4, -0.2) is 87.4 Å². The Balaban J connectivity index is 4.02. The maximum Gasteiger partial charge on any atom is 0.361 e. The number of esters is 2. The van der Waals surface area contributed by atoms with Crippen LogP contribution in [0.2, 0.25) is 0 Å². The zero-order valence-electron chi connectivity index (χ0n) is 57.7. The normalized spacial score (nSPS) is 12.9. The first-order valence-corrected chi connectivity index (χ1v) is 37.3. The second-order valence-electron chi connectivity index (χ2n) is 26.6. The molecule has 86 heavy (non-hydrogen) atoms. The van der Waals surface area contributed by atoms with Crippen molar-refractivity contribution < 1.29 is 42.9 Å². The highest BCUT2D eigenvalue weighted by Crippen LogP contribution is 2.19. The number of hydrogen-bond acceptors (Lipinski definition) is 7. The SMILES string of the molecule is CC/C=C\C/C=C\C/C=C\C/C=C\CCCCCCCCCCCCCCCCCCCCC(=O)OC(COC(=O)CCCCCCCCCCCCCCCCCCCCCCCCCCCCCCCC)COC(OCC[N+](C)(C)C)C(=O)O. The lowest BCUT2D eigenvalue weighted by Gasteiger charge is -2.25. The second-order valence-corrected chi connectivity index (χ2v) is 26.6. The molecule has 0 radical (unpaired) electrons. The molecule has 0 bridgehead atoms. The van der Waals surface area contributed by atoms with Crippen molar-refractivity contribution in [3.63, 3.8) is 0 Å². The number of nitrogens with zero attached hydrogens (tertiary/aromatic N) is 1. The van der Waals surface area contributed by atoms with E-state index in [1.54, 1.807) is 0 Å². The third kappa shape index (κ3) is 68.7. The predicted molar refractivity (Wildman–Crippen MR) is 369 cm³/mol. The first-order chi connectivity index (χ1) is 42.1. The third-order valence-corrected chi connectivity index (χ3v) is 16.8. The Kier molecular flexibility index (Phi) is 66.0. The minimum Gasteiger partial charge on any atom is -0.477 e. The lowest BCUT2D eigenvalue weighted by molar-refractivity contribution is -0.870. The van der Waals surface area contributed by atoms with Crippen LogP contribution in [0.25, 0.3) is 0 Å². The predicted octanol–water partition coefficient (Wildman–Crippen LogP) is 23.3. The summed E-state index contributed by atoms with van der Waals surface area (Å²) in [7, 11) is 5.99. The van der Waals surface area contributed by atoms with E-state index in [0.717, 1.165) is 64.2 Å². The molecular weight excluding hydrogens is 1070 g/mol. The molecule has 0 fully saturated rings. The van der Waals surface area contributed by atoms with E-state index in [-0.39, 0.29) is 38.2 Å². The summed E-state index contributed by atoms with van der Waals surface area (Å²) in [5.74, 6) is -1.98. The van der Waals surface area contributed by atoms with Crippen molar-refractivity contribution in [1.82, 2.24) is 0 Å². The highest BCUT2D eigenvalue weighted by molar-refractivity contribution is 5.71. The highest BCUT2D eigenvalue weighted by Gasteiger charge is 2.25. The molecule has 0 aliphatic carbocycles. The lowest BCUT2D eigenvalue weighted by Crippen LogP contribution is -2.40. The fourth-order valence-electron chi connectivity index (χ4n) is 11.2. The smallest absolute Gasteiger partial charge is 0.361 e. The van der Waals surface area contributed by atoms with Gasteiger partial charge in [-0.05, 0) is 51.4 Å². The van der Waals surface area contributed by atoms with Crippen molar-refractivity contribution in [3.8, 4) is 0 Å². The monoisotopic (exact) mass is 1210 g/mol. The van der Waals surface area contributed by atoms with Gasteiger partial charge in [-0.15, -0.1) is 0 Å². The summed E-state index contributed by atoms with van der Waals surface area (Å²) in [5, 5.41) is 9.76. The number of carbonyl (C=O) groups excluding carboxylic acids is 2. The summed E-state index contributed by atoms with van der Waals surface area (Å²) < 4.78 is 23.0. The molecule has 0 aromatic heterocycles. The van der Waals surface area contributed by atoms with Crippen LogP contribution in [-0.2, 0) is 33.3 Å². The van der Waals surface area contributed by atoms with Crippen molar-refractivity contribution in [2.24, 2.45) is 0 Å². The van der Waals surface area contributed by atoms with Crippen LogP contribution in [0.5, 0.6) is 0 Å². The number of aliphatic carboxylic acids is 1. The van der Waals surface area contributed by atoms with E-state index in [0.29, 0.717) is 17.4 Å². The number of quaternary nitrogens is 1. The maximum absolute atomic E-state index is 13.0. The van der Waals surface area contributed by atoms with Crippen LogP contribution in [0.15, 0.2) is 48.6 Å². The molecule has 0 aliphatic heterocycles. The summed E-state index contributed by atoms with van der Waals surface area (Å²) in [6.07, 6.45) is 85.3. The Hall–Kier alpha value is -2.75. The summed E-state index contributed by atoms with van der Waals surface area (Å²) in [4.78, 5) is 37.7. The van der Waals surface area contributed by atoms with Gasteiger partial charge in [0.2, 0.25) is 0 Å². The minimum atomic E-state index is -1.51. The highest BCUT2D eigenvalue weighted by atomic mass is 16.7. The van der Waals surface area contributed by atoms with Crippen LogP contribution in [0.1, 0.15) is 367 Å². The van der Waals surface area contributed by atoms with Crippen molar-refractivity contribution >= 4 is 17.9 Å². The number of carbonyl (C=O) groups is 3. The zero-order valence-corrected chi connectivity index (χ0v) is 57.7. The van der Waals surface area contributed by atoms with E-state index >= 15 is 0 Å². The van der Waals surface area contributed by atoms with E-state index in [9.17, 15) is 19.5 Å². The van der Waals surface area contributed by atoms with Crippen molar-refractivity contribution in [3.05, 3.63) is 48.6 Å². The molecule has 0 saturated carbocycles. The number of rotatable bonds is 70. The molecule has 2 atom stereocenters. The van der Waals surface area contributed by atoms with E-state index in [2.05, 4.69) is 62.5 Å². The fraction of sp³-hybridized carbons (Fsp3) is 0.857. The number of unbranched alkanes of at least 4 members (excludes halogenated alkanes) is 47. The Morgan fingerprint density at radius 1 is 0.360 bits per heavy atom. The van der Waals surface area contributed by atoms with Crippen molar-refractivity contribution in [1.29, 1.82) is 0 Å². The molecule has 0 amide bonds. The van der Waals surface area contributed by atoms with Gasteiger partial charge in [-0.25, -0.2) is 4.79 Å². The van der Waals surface area contributed by atoms with Crippen LogP contribution in [0, 0.1) is 0 Å². The number of likely N-dealkylation sites (N-methyl/N-ethyl adjacent to an activating group) is 1. The largest absolute Gasteiger partial charge is 0.477 e. The Morgan fingerprint density at radius 3 is 0.988 bits per heavy atom. The van der Waals surface area contributed by atoms with Crippen LogP contribution in [0.4, 0.5) is 0 Å². The van der Waals surface area contributed by atoms with E-state index < -0.39 is 18.4 Å². The molecule has 0 heterocycles. The average Bonchev–Trinajstić information content (AvgIpc) is 3.64. The van der Waals surface area contributed by atoms with Gasteiger partial charge in [0.1, 0.15) is 13.2 Å². The van der Waals surface area contributed by atoms with Gasteiger partial charge in [0.15, 0.2) is 6.10 Å². The molecular formula is C77H144NO8+. The molecule has 0 rings (SSSR count). The first-order valence-electron chi connectivity index (χ1n) is 37.3.